The molecule has 0 fully saturated rings. The van der Waals surface area contributed by atoms with Crippen LogP contribution >= 0.6 is 0 Å². The molecular formula is C19H23N3O4. The first-order valence-electron chi connectivity index (χ1n) is 8.40. The van der Waals surface area contributed by atoms with E-state index in [4.69, 9.17) is 4.74 Å². The van der Waals surface area contributed by atoms with Gasteiger partial charge >= 0.3 is 5.69 Å². The summed E-state index contributed by atoms with van der Waals surface area (Å²) in [5.74, 6) is 0.164. The minimum Gasteiger partial charge on any atom is -0.490 e. The Balaban J connectivity index is 2.05. The number of benzene rings is 2. The van der Waals surface area contributed by atoms with Crippen molar-refractivity contribution in [2.24, 2.45) is 5.92 Å². The lowest BCUT2D eigenvalue weighted by Crippen LogP contribution is -2.19. The number of methoxy groups -OCH3 is 1. The van der Waals surface area contributed by atoms with E-state index in [0.29, 0.717) is 12.2 Å². The second-order valence-electron chi connectivity index (χ2n) is 6.00. The molecule has 1 amide bonds. The minimum absolute atomic E-state index is 0.00212. The van der Waals surface area contributed by atoms with Gasteiger partial charge in [0.15, 0.2) is 5.75 Å². The van der Waals surface area contributed by atoms with E-state index in [9.17, 15) is 14.9 Å². The van der Waals surface area contributed by atoms with Gasteiger partial charge in [-0.15, -0.1) is 0 Å². The molecule has 0 saturated carbocycles. The fraction of sp³-hybridized carbons (Fsp3) is 0.316. The zero-order valence-corrected chi connectivity index (χ0v) is 15.1. The highest BCUT2D eigenvalue weighted by atomic mass is 16.6. The Morgan fingerprint density at radius 1 is 1.23 bits per heavy atom. The maximum atomic E-state index is 12.0. The van der Waals surface area contributed by atoms with Gasteiger partial charge in [0.25, 0.3) is 0 Å². The van der Waals surface area contributed by atoms with Gasteiger partial charge in [0.05, 0.1) is 12.0 Å². The zero-order valence-electron chi connectivity index (χ0n) is 15.1. The Morgan fingerprint density at radius 3 is 2.65 bits per heavy atom. The third kappa shape index (κ3) is 4.95. The van der Waals surface area contributed by atoms with Crippen LogP contribution in [0.2, 0.25) is 0 Å². The number of nitro groups is 1. The Kier molecular flexibility index (Phi) is 6.54. The van der Waals surface area contributed by atoms with E-state index in [1.54, 1.807) is 12.1 Å². The molecule has 0 saturated heterocycles. The Bertz CT molecular complexity index is 792. The summed E-state index contributed by atoms with van der Waals surface area (Å²) < 4.78 is 5.07. The number of rotatable bonds is 8. The molecule has 26 heavy (non-hydrogen) atoms. The van der Waals surface area contributed by atoms with Gasteiger partial charge in [-0.3, -0.25) is 14.9 Å². The Labute approximate surface area is 152 Å². The monoisotopic (exact) mass is 357 g/mol. The Hall–Kier alpha value is -3.09. The third-order valence-corrected chi connectivity index (χ3v) is 4.13. The van der Waals surface area contributed by atoms with Crippen molar-refractivity contribution >= 4 is 23.0 Å². The van der Waals surface area contributed by atoms with Crippen LogP contribution in [0.5, 0.6) is 5.75 Å². The predicted molar refractivity (Wildman–Crippen MR) is 102 cm³/mol. The van der Waals surface area contributed by atoms with Crippen LogP contribution in [0.25, 0.3) is 0 Å². The van der Waals surface area contributed by atoms with Crippen LogP contribution in [0.15, 0.2) is 42.5 Å². The van der Waals surface area contributed by atoms with E-state index < -0.39 is 4.92 Å². The summed E-state index contributed by atoms with van der Waals surface area (Å²) in [6.45, 7) is 4.37. The van der Waals surface area contributed by atoms with Crippen molar-refractivity contribution < 1.29 is 14.5 Å². The average molecular weight is 357 g/mol. The highest BCUT2D eigenvalue weighted by Gasteiger charge is 2.14. The molecule has 2 N–H and O–H groups in total. The van der Waals surface area contributed by atoms with Crippen molar-refractivity contribution in [1.82, 2.24) is 0 Å². The molecule has 2 aromatic carbocycles. The standard InChI is InChI=1S/C19H23N3O4/c1-4-13(2)19(23)21-16-7-5-6-14(10-16)12-20-15-8-9-17(22(24)25)18(11-15)26-3/h5-11,13,20H,4,12H2,1-3H3,(H,21,23). The number of carbonyl (C=O) groups excluding carboxylic acids is 1. The molecular weight excluding hydrogens is 334 g/mol. The highest BCUT2D eigenvalue weighted by molar-refractivity contribution is 5.92. The number of nitro benzene ring substituents is 1. The number of hydrogen-bond acceptors (Lipinski definition) is 5. The summed E-state index contributed by atoms with van der Waals surface area (Å²) in [7, 11) is 1.40. The van der Waals surface area contributed by atoms with Gasteiger partial charge in [-0.2, -0.15) is 0 Å². The largest absolute Gasteiger partial charge is 0.490 e. The number of nitrogens with one attached hydrogen (secondary N) is 2. The molecule has 2 aromatic rings. The summed E-state index contributed by atoms with van der Waals surface area (Å²) in [4.78, 5) is 22.5. The van der Waals surface area contributed by atoms with Crippen LogP contribution < -0.4 is 15.4 Å². The van der Waals surface area contributed by atoms with Crippen LogP contribution in [0.3, 0.4) is 0 Å². The molecule has 0 radical (unpaired) electrons. The zero-order chi connectivity index (χ0) is 19.1. The normalized spacial score (nSPS) is 11.5. The fourth-order valence-corrected chi connectivity index (χ4v) is 2.35. The lowest BCUT2D eigenvalue weighted by Gasteiger charge is -2.12. The van der Waals surface area contributed by atoms with Crippen molar-refractivity contribution in [2.45, 2.75) is 26.8 Å². The molecule has 0 spiro atoms. The van der Waals surface area contributed by atoms with Crippen LogP contribution in [0.1, 0.15) is 25.8 Å². The fourth-order valence-electron chi connectivity index (χ4n) is 2.35. The molecule has 7 nitrogen and oxygen atoms in total. The molecule has 0 aliphatic rings. The van der Waals surface area contributed by atoms with Crippen molar-refractivity contribution in [1.29, 1.82) is 0 Å². The second-order valence-corrected chi connectivity index (χ2v) is 6.00. The highest BCUT2D eigenvalue weighted by Crippen LogP contribution is 2.29. The second kappa shape index (κ2) is 8.84. The van der Waals surface area contributed by atoms with Crippen molar-refractivity contribution in [3.8, 4) is 5.75 Å². The lowest BCUT2D eigenvalue weighted by atomic mass is 10.1. The van der Waals surface area contributed by atoms with E-state index in [2.05, 4.69) is 10.6 Å². The van der Waals surface area contributed by atoms with Gasteiger partial charge in [0.1, 0.15) is 0 Å². The number of nitrogens with zero attached hydrogens (tertiary/aromatic N) is 1. The van der Waals surface area contributed by atoms with Gasteiger partial charge in [-0.05, 0) is 30.2 Å². The first-order valence-corrected chi connectivity index (χ1v) is 8.40. The van der Waals surface area contributed by atoms with E-state index in [1.165, 1.54) is 13.2 Å². The van der Waals surface area contributed by atoms with E-state index in [1.807, 2.05) is 38.1 Å². The molecule has 7 heteroatoms. The number of anilines is 2. The van der Waals surface area contributed by atoms with Crippen LogP contribution in [0, 0.1) is 16.0 Å². The molecule has 0 aliphatic heterocycles. The topological polar surface area (TPSA) is 93.5 Å². The van der Waals surface area contributed by atoms with Gasteiger partial charge in [-0.25, -0.2) is 0 Å². The first kappa shape index (κ1) is 19.2. The molecule has 0 bridgehead atoms. The summed E-state index contributed by atoms with van der Waals surface area (Å²) in [5.41, 5.74) is 2.36. The van der Waals surface area contributed by atoms with E-state index in [0.717, 1.165) is 17.7 Å². The summed E-state index contributed by atoms with van der Waals surface area (Å²) in [6.07, 6.45) is 0.787. The number of hydrogen-bond donors (Lipinski definition) is 2. The van der Waals surface area contributed by atoms with Crippen LogP contribution in [-0.2, 0) is 11.3 Å². The third-order valence-electron chi connectivity index (χ3n) is 4.13. The summed E-state index contributed by atoms with van der Waals surface area (Å²) in [6, 6.07) is 12.2. The Morgan fingerprint density at radius 2 is 2.00 bits per heavy atom. The minimum atomic E-state index is -0.480. The molecule has 1 unspecified atom stereocenters. The first-order chi connectivity index (χ1) is 12.4. The number of ether oxygens (including phenoxy) is 1. The van der Waals surface area contributed by atoms with Crippen molar-refractivity contribution in [3.63, 3.8) is 0 Å². The van der Waals surface area contributed by atoms with Crippen molar-refractivity contribution in [2.75, 3.05) is 17.7 Å². The van der Waals surface area contributed by atoms with Gasteiger partial charge in [0, 0.05) is 36.0 Å². The molecule has 0 aliphatic carbocycles. The van der Waals surface area contributed by atoms with Gasteiger partial charge < -0.3 is 15.4 Å². The quantitative estimate of drug-likeness (QED) is 0.545. The summed E-state index contributed by atoms with van der Waals surface area (Å²) in [5, 5.41) is 17.0. The number of amides is 1. The van der Waals surface area contributed by atoms with Gasteiger partial charge in [-0.1, -0.05) is 26.0 Å². The number of carbonyl (C=O) groups is 1. The van der Waals surface area contributed by atoms with Gasteiger partial charge in [0.2, 0.25) is 5.91 Å². The SMILES string of the molecule is CCC(C)C(=O)Nc1cccc(CNc2ccc([N+](=O)[O-])c(OC)c2)c1. The van der Waals surface area contributed by atoms with Crippen molar-refractivity contribution in [3.05, 3.63) is 58.1 Å². The van der Waals surface area contributed by atoms with E-state index in [-0.39, 0.29) is 23.3 Å². The molecule has 2 rings (SSSR count). The average Bonchev–Trinajstić information content (AvgIpc) is 2.65. The molecule has 138 valence electrons. The van der Waals surface area contributed by atoms with Crippen LogP contribution in [0.4, 0.5) is 17.1 Å². The maximum Gasteiger partial charge on any atom is 0.311 e. The molecule has 0 heterocycles. The summed E-state index contributed by atoms with van der Waals surface area (Å²) >= 11 is 0. The van der Waals surface area contributed by atoms with Crippen LogP contribution in [-0.4, -0.2) is 17.9 Å². The lowest BCUT2D eigenvalue weighted by molar-refractivity contribution is -0.385. The molecule has 0 aromatic heterocycles. The smallest absolute Gasteiger partial charge is 0.311 e. The maximum absolute atomic E-state index is 12.0. The van der Waals surface area contributed by atoms with E-state index >= 15 is 0 Å². The molecule has 1 atom stereocenters. The predicted octanol–water partition coefficient (Wildman–Crippen LogP) is 4.20.